The van der Waals surface area contributed by atoms with Crippen molar-refractivity contribution >= 4 is 55.7 Å². The Hall–Kier alpha value is 1.48. The Balaban J connectivity index is 4.74. The highest BCUT2D eigenvalue weighted by molar-refractivity contribution is 7.64. The van der Waals surface area contributed by atoms with E-state index in [-0.39, 0.29) is 0 Å². The van der Waals surface area contributed by atoms with Crippen LogP contribution in [0.1, 0.15) is 80.1 Å². The maximum atomic E-state index is 5.96. The molecular weight excluding hydrogens is 445 g/mol. The molecule has 1 nitrogen and oxygen atoms in total. The van der Waals surface area contributed by atoms with Gasteiger partial charge in [-0.3, -0.25) is 0 Å². The van der Waals surface area contributed by atoms with Gasteiger partial charge in [-0.25, -0.2) is 0 Å². The summed E-state index contributed by atoms with van der Waals surface area (Å²) in [7, 11) is -3.05. The fraction of sp³-hybridized carbons (Fsp3) is 1.00. The van der Waals surface area contributed by atoms with Crippen LogP contribution in [0.5, 0.6) is 0 Å². The third kappa shape index (κ3) is 9.44. The zero-order valence-electron chi connectivity index (χ0n) is 19.7. The van der Waals surface area contributed by atoms with Gasteiger partial charge in [0.1, 0.15) is 16.5 Å². The zero-order valence-corrected chi connectivity index (χ0v) is 25.0. The standard InChI is InChI=1S/C20H46Cl3NSi3/c1-19(2,3)25(7,8)24(26(9,10)20(4,5)6)17-15-13-11-12-14-16-18-27(21,22)23/h11-18H2,1-10H3. The third-order valence-electron chi connectivity index (χ3n) is 7.11. The highest BCUT2D eigenvalue weighted by Crippen LogP contribution is 2.46. The lowest BCUT2D eigenvalue weighted by atomic mass is 10.1. The summed E-state index contributed by atoms with van der Waals surface area (Å²) in [4.78, 5) is 0. The van der Waals surface area contributed by atoms with Crippen molar-refractivity contribution in [3.8, 4) is 0 Å². The summed E-state index contributed by atoms with van der Waals surface area (Å²) in [6.45, 7) is 26.3. The van der Waals surface area contributed by atoms with Crippen molar-refractivity contribution in [3.63, 3.8) is 0 Å². The van der Waals surface area contributed by atoms with Gasteiger partial charge in [0, 0.05) is 0 Å². The first-order chi connectivity index (χ1) is 11.8. The van der Waals surface area contributed by atoms with Crippen LogP contribution in [-0.4, -0.2) is 33.2 Å². The molecule has 0 spiro atoms. The van der Waals surface area contributed by atoms with E-state index < -0.39 is 22.5 Å². The van der Waals surface area contributed by atoms with Crippen molar-refractivity contribution < 1.29 is 0 Å². The molecule has 0 radical (unpaired) electrons. The van der Waals surface area contributed by atoms with Crippen molar-refractivity contribution in [1.82, 2.24) is 4.23 Å². The Morgan fingerprint density at radius 1 is 0.593 bits per heavy atom. The monoisotopic (exact) mass is 489 g/mol. The van der Waals surface area contributed by atoms with E-state index in [0.717, 1.165) is 12.5 Å². The molecule has 0 aromatic rings. The molecule has 0 aromatic carbocycles. The third-order valence-corrected chi connectivity index (χ3v) is 23.6. The number of halogens is 3. The predicted molar refractivity (Wildman–Crippen MR) is 137 cm³/mol. The van der Waals surface area contributed by atoms with E-state index in [1.807, 2.05) is 0 Å². The molecule has 0 N–H and O–H groups in total. The van der Waals surface area contributed by atoms with Gasteiger partial charge in [-0.05, 0) is 29.1 Å². The van der Waals surface area contributed by atoms with Crippen LogP contribution >= 0.6 is 33.2 Å². The van der Waals surface area contributed by atoms with Gasteiger partial charge < -0.3 is 4.23 Å². The smallest absolute Gasteiger partial charge is 0.341 e. The minimum Gasteiger partial charge on any atom is -0.345 e. The highest BCUT2D eigenvalue weighted by atomic mass is 35.8. The summed E-state index contributed by atoms with van der Waals surface area (Å²) in [5, 5.41) is 0.785. The largest absolute Gasteiger partial charge is 0.345 e. The van der Waals surface area contributed by atoms with Crippen molar-refractivity contribution in [2.75, 3.05) is 6.54 Å². The molecule has 0 heterocycles. The first-order valence-corrected chi connectivity index (χ1v) is 21.8. The molecule has 0 rings (SSSR count). The molecule has 0 aliphatic heterocycles. The van der Waals surface area contributed by atoms with Crippen molar-refractivity contribution in [2.45, 2.75) is 122 Å². The number of hydrogen-bond donors (Lipinski definition) is 0. The summed E-state index contributed by atoms with van der Waals surface area (Å²) in [6, 6.07) is -1.60. The molecule has 27 heavy (non-hydrogen) atoms. The van der Waals surface area contributed by atoms with Crippen LogP contribution in [-0.2, 0) is 0 Å². The van der Waals surface area contributed by atoms with E-state index in [0.29, 0.717) is 10.1 Å². The van der Waals surface area contributed by atoms with E-state index in [9.17, 15) is 0 Å². The maximum absolute atomic E-state index is 5.96. The molecular formula is C20H46Cl3NSi3. The Bertz CT molecular complexity index is 409. The molecule has 0 aliphatic rings. The van der Waals surface area contributed by atoms with E-state index in [1.54, 1.807) is 0 Å². The van der Waals surface area contributed by atoms with E-state index >= 15 is 0 Å². The topological polar surface area (TPSA) is 3.24 Å². The van der Waals surface area contributed by atoms with E-state index in [1.165, 1.54) is 38.6 Å². The Morgan fingerprint density at radius 2 is 0.926 bits per heavy atom. The normalized spacial score (nSPS) is 14.9. The molecule has 0 unspecified atom stereocenters. The molecule has 0 bridgehead atoms. The molecule has 0 aromatic heterocycles. The number of unbranched alkanes of at least 4 members (excludes halogenated alkanes) is 5. The van der Waals surface area contributed by atoms with Crippen LogP contribution in [0.2, 0.25) is 42.3 Å². The fourth-order valence-corrected chi connectivity index (χ4v) is 15.9. The molecule has 0 saturated heterocycles. The zero-order chi connectivity index (χ0) is 21.7. The van der Waals surface area contributed by atoms with E-state index in [2.05, 4.69) is 72.0 Å². The first-order valence-electron chi connectivity index (χ1n) is 10.7. The SMILES string of the molecule is CC(C)(C)[Si](C)(C)N(CCCCCCCC[Si](Cl)(Cl)Cl)[Si](C)(C)C(C)(C)C. The van der Waals surface area contributed by atoms with Gasteiger partial charge in [-0.1, -0.05) is 99.8 Å². The van der Waals surface area contributed by atoms with Gasteiger partial charge in [0.05, 0.1) is 0 Å². The second-order valence-electron chi connectivity index (χ2n) is 11.3. The lowest BCUT2D eigenvalue weighted by molar-refractivity contribution is 0.481. The van der Waals surface area contributed by atoms with Crippen LogP contribution < -0.4 is 0 Å². The molecule has 0 aliphatic carbocycles. The van der Waals surface area contributed by atoms with Crippen LogP contribution in [0, 0.1) is 0 Å². The summed E-state index contributed by atoms with van der Waals surface area (Å²) >= 11 is 17.9. The lowest BCUT2D eigenvalue weighted by Gasteiger charge is -2.57. The molecule has 164 valence electrons. The van der Waals surface area contributed by atoms with Crippen molar-refractivity contribution in [1.29, 1.82) is 0 Å². The highest BCUT2D eigenvalue weighted by Gasteiger charge is 2.51. The van der Waals surface area contributed by atoms with Crippen LogP contribution in [0.4, 0.5) is 0 Å². The molecule has 0 atom stereocenters. The lowest BCUT2D eigenvalue weighted by Crippen LogP contribution is -2.68. The second kappa shape index (κ2) is 10.7. The van der Waals surface area contributed by atoms with Gasteiger partial charge in [0.15, 0.2) is 0 Å². The summed E-state index contributed by atoms with van der Waals surface area (Å²) in [6.07, 6.45) is 7.50. The van der Waals surface area contributed by atoms with E-state index in [4.69, 9.17) is 33.2 Å². The molecule has 0 amide bonds. The average molecular weight is 491 g/mol. The minimum absolute atomic E-state index is 0.392. The Morgan fingerprint density at radius 3 is 1.26 bits per heavy atom. The fourth-order valence-electron chi connectivity index (χ4n) is 3.37. The Kier molecular flexibility index (Phi) is 11.3. The van der Waals surface area contributed by atoms with Gasteiger partial charge in [-0.2, -0.15) is 0 Å². The molecule has 7 heteroatoms. The van der Waals surface area contributed by atoms with Gasteiger partial charge >= 0.3 is 6.00 Å². The maximum Gasteiger partial charge on any atom is 0.341 e. The molecule has 0 saturated carbocycles. The molecule has 0 fully saturated rings. The van der Waals surface area contributed by atoms with Crippen molar-refractivity contribution in [2.24, 2.45) is 0 Å². The first kappa shape index (κ1) is 28.5. The number of rotatable bonds is 11. The summed E-state index contributed by atoms with van der Waals surface area (Å²) in [5.74, 6) is 0. The summed E-state index contributed by atoms with van der Waals surface area (Å²) < 4.78 is 3.05. The summed E-state index contributed by atoms with van der Waals surface area (Å²) in [5.41, 5.74) is 0. The second-order valence-corrected chi connectivity index (χ2v) is 31.3. The quantitative estimate of drug-likeness (QED) is 0.158. The minimum atomic E-state index is -2.41. The average Bonchev–Trinajstić information content (AvgIpc) is 2.41. The van der Waals surface area contributed by atoms with Gasteiger partial charge in [0.2, 0.25) is 0 Å². The number of hydrogen-bond acceptors (Lipinski definition) is 1. The number of nitrogens with zero attached hydrogens (tertiary/aromatic N) is 1. The van der Waals surface area contributed by atoms with Gasteiger partial charge in [0.25, 0.3) is 0 Å². The van der Waals surface area contributed by atoms with Crippen molar-refractivity contribution in [3.05, 3.63) is 0 Å². The Labute approximate surface area is 188 Å². The van der Waals surface area contributed by atoms with Crippen LogP contribution in [0.25, 0.3) is 0 Å². The predicted octanol–water partition coefficient (Wildman–Crippen LogP) is 9.29. The van der Waals surface area contributed by atoms with Crippen LogP contribution in [0.15, 0.2) is 0 Å². The van der Waals surface area contributed by atoms with Gasteiger partial charge in [-0.15, -0.1) is 33.2 Å². The van der Waals surface area contributed by atoms with Crippen LogP contribution in [0.3, 0.4) is 0 Å².